The fraction of sp³-hybridized carbons (Fsp3) is 0.500. The van der Waals surface area contributed by atoms with Crippen LogP contribution in [0, 0.1) is 0 Å². The first-order chi connectivity index (χ1) is 12.1. The van der Waals surface area contributed by atoms with Crippen LogP contribution in [-0.2, 0) is 16.0 Å². The molecule has 2 rings (SSSR count). The molecular weight excluding hydrogens is 320 g/mol. The Balaban J connectivity index is 1.87. The Bertz CT molecular complexity index is 639. The van der Waals surface area contributed by atoms with E-state index in [0.29, 0.717) is 26.3 Å². The number of aromatic nitrogens is 3. The second-order valence-corrected chi connectivity index (χ2v) is 5.69. The number of hydrogen-bond donors (Lipinski definition) is 1. The summed E-state index contributed by atoms with van der Waals surface area (Å²) in [4.78, 5) is 12.2. The molecule has 7 heteroatoms. The summed E-state index contributed by atoms with van der Waals surface area (Å²) in [5.41, 5.74) is 1.47. The number of carbonyl (C=O) groups excluding carboxylic acids is 1. The molecule has 136 valence electrons. The van der Waals surface area contributed by atoms with E-state index in [1.807, 2.05) is 32.0 Å². The minimum Gasteiger partial charge on any atom is -0.351 e. The van der Waals surface area contributed by atoms with E-state index in [9.17, 15) is 4.79 Å². The van der Waals surface area contributed by atoms with E-state index in [4.69, 9.17) is 9.47 Å². The average Bonchev–Trinajstić information content (AvgIpc) is 3.09. The van der Waals surface area contributed by atoms with E-state index in [2.05, 4.69) is 34.7 Å². The molecule has 0 radical (unpaired) electrons. The van der Waals surface area contributed by atoms with E-state index in [-0.39, 0.29) is 17.5 Å². The first kappa shape index (κ1) is 19.1. The summed E-state index contributed by atoms with van der Waals surface area (Å²) in [5.74, 6) is -0.0149. The predicted octanol–water partition coefficient (Wildman–Crippen LogP) is 2.21. The first-order valence-corrected chi connectivity index (χ1v) is 8.60. The van der Waals surface area contributed by atoms with Gasteiger partial charge in [-0.2, -0.15) is 0 Å². The Morgan fingerprint density at radius 1 is 1.20 bits per heavy atom. The zero-order valence-corrected chi connectivity index (χ0v) is 15.0. The quantitative estimate of drug-likeness (QED) is 0.667. The minimum atomic E-state index is -0.397. The van der Waals surface area contributed by atoms with Gasteiger partial charge in [-0.25, -0.2) is 4.68 Å². The van der Waals surface area contributed by atoms with Gasteiger partial charge in [-0.3, -0.25) is 4.79 Å². The lowest BCUT2D eigenvalue weighted by molar-refractivity contribution is -0.145. The van der Waals surface area contributed by atoms with Gasteiger partial charge in [0.1, 0.15) is 0 Å². The van der Waals surface area contributed by atoms with Gasteiger partial charge in [0.15, 0.2) is 12.0 Å². The lowest BCUT2D eigenvalue weighted by Gasteiger charge is -2.16. The van der Waals surface area contributed by atoms with E-state index in [1.165, 1.54) is 5.56 Å². The molecule has 0 aliphatic heterocycles. The summed E-state index contributed by atoms with van der Waals surface area (Å²) in [6.07, 6.45) is 1.21. The van der Waals surface area contributed by atoms with Crippen molar-refractivity contribution in [1.29, 1.82) is 0 Å². The summed E-state index contributed by atoms with van der Waals surface area (Å²) < 4.78 is 12.5. The van der Waals surface area contributed by atoms with Crippen molar-refractivity contribution >= 4 is 5.91 Å². The van der Waals surface area contributed by atoms with Crippen molar-refractivity contribution in [3.8, 4) is 0 Å². The Hall–Kier alpha value is -2.25. The van der Waals surface area contributed by atoms with Gasteiger partial charge in [0.25, 0.3) is 5.91 Å². The Morgan fingerprint density at radius 3 is 2.52 bits per heavy atom. The number of ether oxygens (including phenoxy) is 2. The maximum atomic E-state index is 12.2. The van der Waals surface area contributed by atoms with Crippen LogP contribution >= 0.6 is 0 Å². The highest BCUT2D eigenvalue weighted by atomic mass is 16.7. The van der Waals surface area contributed by atoms with Crippen molar-refractivity contribution in [2.75, 3.05) is 19.8 Å². The van der Waals surface area contributed by atoms with Gasteiger partial charge < -0.3 is 14.8 Å². The Labute approximate surface area is 148 Å². The Kier molecular flexibility index (Phi) is 7.56. The van der Waals surface area contributed by atoms with Crippen LogP contribution in [0.15, 0.2) is 36.5 Å². The number of amides is 1. The molecule has 7 nitrogen and oxygen atoms in total. The number of rotatable bonds is 10. The van der Waals surface area contributed by atoms with Gasteiger partial charge in [0.05, 0.1) is 12.7 Å². The van der Waals surface area contributed by atoms with Crippen molar-refractivity contribution in [2.24, 2.45) is 0 Å². The van der Waals surface area contributed by atoms with Crippen LogP contribution in [0.1, 0.15) is 42.7 Å². The predicted molar refractivity (Wildman–Crippen MR) is 94.3 cm³/mol. The lowest BCUT2D eigenvalue weighted by atomic mass is 10.0. The maximum Gasteiger partial charge on any atom is 0.273 e. The second-order valence-electron chi connectivity index (χ2n) is 5.69. The van der Waals surface area contributed by atoms with Crippen molar-refractivity contribution in [3.63, 3.8) is 0 Å². The number of benzene rings is 1. The third-order valence-electron chi connectivity index (χ3n) is 3.75. The normalized spacial score (nSPS) is 12.3. The van der Waals surface area contributed by atoms with Crippen molar-refractivity contribution < 1.29 is 14.3 Å². The molecule has 1 aromatic heterocycles. The second kappa shape index (κ2) is 9.90. The van der Waals surface area contributed by atoms with Gasteiger partial charge in [-0.15, -0.1) is 5.10 Å². The largest absolute Gasteiger partial charge is 0.351 e. The molecule has 0 spiro atoms. The zero-order valence-electron chi connectivity index (χ0n) is 15.0. The van der Waals surface area contributed by atoms with Crippen LogP contribution in [0.25, 0.3) is 0 Å². The molecule has 1 heterocycles. The summed E-state index contributed by atoms with van der Waals surface area (Å²) in [6.45, 7) is 7.90. The molecule has 0 aliphatic rings. The van der Waals surface area contributed by atoms with E-state index >= 15 is 0 Å². The zero-order chi connectivity index (χ0) is 18.1. The van der Waals surface area contributed by atoms with Crippen LogP contribution in [0.2, 0.25) is 0 Å². The third kappa shape index (κ3) is 5.95. The first-order valence-electron chi connectivity index (χ1n) is 8.60. The van der Waals surface area contributed by atoms with E-state index in [1.54, 1.807) is 10.9 Å². The van der Waals surface area contributed by atoms with Crippen LogP contribution in [-0.4, -0.2) is 46.9 Å². The van der Waals surface area contributed by atoms with Gasteiger partial charge in [0.2, 0.25) is 0 Å². The fourth-order valence-corrected chi connectivity index (χ4v) is 2.41. The van der Waals surface area contributed by atoms with E-state index < -0.39 is 6.29 Å². The van der Waals surface area contributed by atoms with Crippen LogP contribution in [0.3, 0.4) is 0 Å². The molecule has 1 amide bonds. The third-order valence-corrected chi connectivity index (χ3v) is 3.75. The number of nitrogens with zero attached hydrogens (tertiary/aromatic N) is 3. The van der Waals surface area contributed by atoms with Crippen molar-refractivity contribution in [3.05, 3.63) is 47.8 Å². The molecule has 1 N–H and O–H groups in total. The van der Waals surface area contributed by atoms with Gasteiger partial charge in [-0.05, 0) is 25.3 Å². The molecule has 1 aromatic carbocycles. The number of carbonyl (C=O) groups is 1. The molecule has 0 aliphatic carbocycles. The van der Waals surface area contributed by atoms with Gasteiger partial charge >= 0.3 is 0 Å². The van der Waals surface area contributed by atoms with Crippen LogP contribution in [0.4, 0.5) is 0 Å². The monoisotopic (exact) mass is 346 g/mol. The highest BCUT2D eigenvalue weighted by Crippen LogP contribution is 2.13. The standard InChI is InChI=1S/C18H26N4O3/c1-4-24-17(25-5-2)13-22-12-16(20-21-22)18(23)19-11-14(3)15-9-7-6-8-10-15/h6-10,12,14,17H,4-5,11,13H2,1-3H3,(H,19,23)/t14-/m1/s1. The Morgan fingerprint density at radius 2 is 1.88 bits per heavy atom. The molecule has 25 heavy (non-hydrogen) atoms. The topological polar surface area (TPSA) is 78.3 Å². The highest BCUT2D eigenvalue weighted by molar-refractivity contribution is 5.91. The van der Waals surface area contributed by atoms with Gasteiger partial charge in [-0.1, -0.05) is 42.5 Å². The van der Waals surface area contributed by atoms with Crippen molar-refractivity contribution in [1.82, 2.24) is 20.3 Å². The van der Waals surface area contributed by atoms with Gasteiger partial charge in [0, 0.05) is 19.8 Å². The molecular formula is C18H26N4O3. The van der Waals surface area contributed by atoms with Crippen LogP contribution in [0.5, 0.6) is 0 Å². The molecule has 0 unspecified atom stereocenters. The summed E-state index contributed by atoms with van der Waals surface area (Å²) in [5, 5.41) is 10.8. The molecule has 1 atom stereocenters. The average molecular weight is 346 g/mol. The summed E-state index contributed by atoms with van der Waals surface area (Å²) in [6, 6.07) is 10.1. The summed E-state index contributed by atoms with van der Waals surface area (Å²) >= 11 is 0. The summed E-state index contributed by atoms with van der Waals surface area (Å²) in [7, 11) is 0. The molecule has 2 aromatic rings. The minimum absolute atomic E-state index is 0.223. The fourth-order valence-electron chi connectivity index (χ4n) is 2.41. The van der Waals surface area contributed by atoms with E-state index in [0.717, 1.165) is 0 Å². The highest BCUT2D eigenvalue weighted by Gasteiger charge is 2.15. The SMILES string of the molecule is CCOC(Cn1cc(C(=O)NC[C@@H](C)c2ccccc2)nn1)OCC. The number of hydrogen-bond acceptors (Lipinski definition) is 5. The molecule has 0 saturated heterocycles. The maximum absolute atomic E-state index is 12.2. The van der Waals surface area contributed by atoms with Crippen molar-refractivity contribution in [2.45, 2.75) is 39.5 Å². The molecule has 0 fully saturated rings. The lowest BCUT2D eigenvalue weighted by Crippen LogP contribution is -2.28. The molecule has 0 saturated carbocycles. The van der Waals surface area contributed by atoms with Crippen LogP contribution < -0.4 is 5.32 Å². The number of nitrogens with one attached hydrogen (secondary N) is 1. The molecule has 0 bridgehead atoms. The smallest absolute Gasteiger partial charge is 0.273 e.